The van der Waals surface area contributed by atoms with E-state index < -0.39 is 0 Å². The molecular formula is C11H16N4OS. The lowest BCUT2D eigenvalue weighted by molar-refractivity contribution is -0.0601. The number of methoxy groups -OCH3 is 1. The minimum Gasteiger partial charge on any atom is -0.388 e. The number of anilines is 1. The van der Waals surface area contributed by atoms with Crippen LogP contribution >= 0.6 is 12.2 Å². The smallest absolute Gasteiger partial charge is 0.155 e. The van der Waals surface area contributed by atoms with Crippen molar-refractivity contribution in [2.75, 3.05) is 19.0 Å². The molecule has 0 aromatic carbocycles. The topological polar surface area (TPSA) is 73.1 Å². The van der Waals surface area contributed by atoms with Crippen molar-refractivity contribution >= 4 is 23.0 Å². The van der Waals surface area contributed by atoms with E-state index in [0.29, 0.717) is 18.1 Å². The Hall–Kier alpha value is -1.27. The Labute approximate surface area is 106 Å². The van der Waals surface area contributed by atoms with E-state index in [9.17, 15) is 0 Å². The van der Waals surface area contributed by atoms with E-state index in [1.807, 2.05) is 0 Å². The summed E-state index contributed by atoms with van der Waals surface area (Å²) in [5.41, 5.74) is 6.06. The summed E-state index contributed by atoms with van der Waals surface area (Å²) in [5, 5.41) is 3.22. The molecule has 1 fully saturated rings. The third kappa shape index (κ3) is 2.53. The SMILES string of the molecule is COC1(CNc2nccnc2C(N)=S)CCC1. The van der Waals surface area contributed by atoms with E-state index in [1.165, 1.54) is 6.42 Å². The van der Waals surface area contributed by atoms with Gasteiger partial charge in [0.25, 0.3) is 0 Å². The zero-order chi connectivity index (χ0) is 12.3. The number of hydrogen-bond acceptors (Lipinski definition) is 5. The Kier molecular flexibility index (Phi) is 3.54. The Balaban J connectivity index is 2.06. The van der Waals surface area contributed by atoms with Crippen LogP contribution in [0.2, 0.25) is 0 Å². The normalized spacial score (nSPS) is 17.2. The Morgan fingerprint density at radius 1 is 1.53 bits per heavy atom. The van der Waals surface area contributed by atoms with Crippen molar-refractivity contribution in [1.82, 2.24) is 9.97 Å². The number of nitrogens with zero attached hydrogens (tertiary/aromatic N) is 2. The molecule has 1 aliphatic rings. The van der Waals surface area contributed by atoms with Crippen molar-refractivity contribution in [3.63, 3.8) is 0 Å². The molecule has 0 saturated heterocycles. The summed E-state index contributed by atoms with van der Waals surface area (Å²) < 4.78 is 5.52. The van der Waals surface area contributed by atoms with Gasteiger partial charge in [0.15, 0.2) is 5.82 Å². The Morgan fingerprint density at radius 3 is 2.76 bits per heavy atom. The lowest BCUT2D eigenvalue weighted by Gasteiger charge is -2.40. The molecule has 1 aliphatic carbocycles. The molecule has 3 N–H and O–H groups in total. The van der Waals surface area contributed by atoms with Crippen LogP contribution in [-0.4, -0.2) is 34.2 Å². The highest BCUT2D eigenvalue weighted by atomic mass is 32.1. The molecule has 17 heavy (non-hydrogen) atoms. The Morgan fingerprint density at radius 2 is 2.24 bits per heavy atom. The standard InChI is InChI=1S/C11H16N4OS/c1-16-11(3-2-4-11)7-15-10-8(9(12)17)13-5-6-14-10/h5-6H,2-4,7H2,1H3,(H2,12,17)(H,14,15). The van der Waals surface area contributed by atoms with Crippen LogP contribution in [0.15, 0.2) is 12.4 Å². The highest BCUT2D eigenvalue weighted by molar-refractivity contribution is 7.80. The highest BCUT2D eigenvalue weighted by Crippen LogP contribution is 2.35. The number of nitrogens with two attached hydrogens (primary N) is 1. The molecular weight excluding hydrogens is 236 g/mol. The maximum absolute atomic E-state index is 5.59. The minimum absolute atomic E-state index is 0.0645. The molecule has 6 heteroatoms. The van der Waals surface area contributed by atoms with Gasteiger partial charge in [0.05, 0.1) is 5.60 Å². The number of rotatable bonds is 5. The number of nitrogens with one attached hydrogen (secondary N) is 1. The lowest BCUT2D eigenvalue weighted by atomic mass is 9.80. The van der Waals surface area contributed by atoms with E-state index in [1.54, 1.807) is 19.5 Å². The summed E-state index contributed by atoms with van der Waals surface area (Å²) in [6.07, 6.45) is 6.54. The molecule has 5 nitrogen and oxygen atoms in total. The fraction of sp³-hybridized carbons (Fsp3) is 0.545. The monoisotopic (exact) mass is 252 g/mol. The third-order valence-corrected chi connectivity index (χ3v) is 3.40. The van der Waals surface area contributed by atoms with Crippen LogP contribution in [0.5, 0.6) is 0 Å². The molecule has 1 aromatic heterocycles. The average molecular weight is 252 g/mol. The van der Waals surface area contributed by atoms with Crippen molar-refractivity contribution in [2.24, 2.45) is 5.73 Å². The van der Waals surface area contributed by atoms with Gasteiger partial charge in [-0.25, -0.2) is 9.97 Å². The fourth-order valence-electron chi connectivity index (χ4n) is 1.92. The van der Waals surface area contributed by atoms with Crippen molar-refractivity contribution in [2.45, 2.75) is 24.9 Å². The average Bonchev–Trinajstić information content (AvgIpc) is 2.28. The Bertz CT molecular complexity index is 414. The quantitative estimate of drug-likeness (QED) is 0.764. The van der Waals surface area contributed by atoms with E-state index in [0.717, 1.165) is 12.8 Å². The molecule has 2 rings (SSSR count). The molecule has 1 aromatic rings. The summed E-state index contributed by atoms with van der Waals surface area (Å²) in [6, 6.07) is 0. The van der Waals surface area contributed by atoms with Crippen LogP contribution in [0.4, 0.5) is 5.82 Å². The number of ether oxygens (including phenoxy) is 1. The van der Waals surface area contributed by atoms with Gasteiger partial charge in [-0.05, 0) is 19.3 Å². The largest absolute Gasteiger partial charge is 0.388 e. The predicted molar refractivity (Wildman–Crippen MR) is 70.0 cm³/mol. The van der Waals surface area contributed by atoms with Crippen LogP contribution in [0, 0.1) is 0 Å². The van der Waals surface area contributed by atoms with E-state index >= 15 is 0 Å². The number of thiocarbonyl (C=S) groups is 1. The summed E-state index contributed by atoms with van der Waals surface area (Å²) in [7, 11) is 1.74. The molecule has 0 radical (unpaired) electrons. The van der Waals surface area contributed by atoms with Crippen molar-refractivity contribution in [3.8, 4) is 0 Å². The van der Waals surface area contributed by atoms with Crippen molar-refractivity contribution < 1.29 is 4.74 Å². The van der Waals surface area contributed by atoms with E-state index in [2.05, 4.69) is 15.3 Å². The lowest BCUT2D eigenvalue weighted by Crippen LogP contribution is -2.45. The molecule has 0 bridgehead atoms. The first-order valence-electron chi connectivity index (χ1n) is 5.57. The van der Waals surface area contributed by atoms with Gasteiger partial charge in [0, 0.05) is 26.0 Å². The van der Waals surface area contributed by atoms with E-state index in [4.69, 9.17) is 22.7 Å². The summed E-state index contributed by atoms with van der Waals surface area (Å²) >= 11 is 4.93. The fourth-order valence-corrected chi connectivity index (χ4v) is 2.07. The number of hydrogen-bond donors (Lipinski definition) is 2. The number of aromatic nitrogens is 2. The van der Waals surface area contributed by atoms with Gasteiger partial charge in [0.1, 0.15) is 10.7 Å². The maximum atomic E-state index is 5.59. The van der Waals surface area contributed by atoms with Crippen LogP contribution in [-0.2, 0) is 4.74 Å². The van der Waals surface area contributed by atoms with Crippen molar-refractivity contribution in [3.05, 3.63) is 18.1 Å². The van der Waals surface area contributed by atoms with Crippen LogP contribution in [0.1, 0.15) is 25.0 Å². The van der Waals surface area contributed by atoms with Gasteiger partial charge in [-0.2, -0.15) is 0 Å². The second-order valence-electron chi connectivity index (χ2n) is 4.21. The molecule has 92 valence electrons. The molecule has 0 unspecified atom stereocenters. The second-order valence-corrected chi connectivity index (χ2v) is 4.65. The first-order chi connectivity index (χ1) is 8.17. The second kappa shape index (κ2) is 4.93. The predicted octanol–water partition coefficient (Wildman–Crippen LogP) is 1.09. The van der Waals surface area contributed by atoms with Gasteiger partial charge in [-0.1, -0.05) is 12.2 Å². The molecule has 0 atom stereocenters. The van der Waals surface area contributed by atoms with Gasteiger partial charge in [-0.15, -0.1) is 0 Å². The van der Waals surface area contributed by atoms with Gasteiger partial charge < -0.3 is 15.8 Å². The molecule has 0 spiro atoms. The zero-order valence-electron chi connectivity index (χ0n) is 9.77. The van der Waals surface area contributed by atoms with Crippen molar-refractivity contribution in [1.29, 1.82) is 0 Å². The zero-order valence-corrected chi connectivity index (χ0v) is 10.6. The maximum Gasteiger partial charge on any atom is 0.155 e. The molecule has 1 heterocycles. The van der Waals surface area contributed by atoms with Crippen LogP contribution < -0.4 is 11.1 Å². The molecule has 1 saturated carbocycles. The van der Waals surface area contributed by atoms with Gasteiger partial charge in [0.2, 0.25) is 0 Å². The summed E-state index contributed by atoms with van der Waals surface area (Å²) in [5.74, 6) is 0.628. The van der Waals surface area contributed by atoms with Gasteiger partial charge in [-0.3, -0.25) is 0 Å². The van der Waals surface area contributed by atoms with Crippen LogP contribution in [0.25, 0.3) is 0 Å². The third-order valence-electron chi connectivity index (χ3n) is 3.21. The van der Waals surface area contributed by atoms with Gasteiger partial charge >= 0.3 is 0 Å². The van der Waals surface area contributed by atoms with E-state index in [-0.39, 0.29) is 10.6 Å². The molecule has 0 amide bonds. The summed E-state index contributed by atoms with van der Waals surface area (Å²) in [4.78, 5) is 8.57. The first kappa shape index (κ1) is 12.2. The first-order valence-corrected chi connectivity index (χ1v) is 5.97. The highest BCUT2D eigenvalue weighted by Gasteiger charge is 2.36. The summed E-state index contributed by atoms with van der Waals surface area (Å²) in [6.45, 7) is 0.706. The molecule has 0 aliphatic heterocycles. The van der Waals surface area contributed by atoms with Crippen LogP contribution in [0.3, 0.4) is 0 Å². The minimum atomic E-state index is -0.0645.